The number of carboxylic acids is 1. The Bertz CT molecular complexity index is 443. The summed E-state index contributed by atoms with van der Waals surface area (Å²) < 4.78 is 5.11. The summed E-state index contributed by atoms with van der Waals surface area (Å²) in [6, 6.07) is -1.54. The van der Waals surface area contributed by atoms with Crippen molar-refractivity contribution in [2.24, 2.45) is 0 Å². The molecule has 2 rings (SSSR count). The molecule has 0 aromatic carbocycles. The Kier molecular flexibility index (Phi) is 3.62. The number of fused-ring (bicyclic) bond motifs is 1. The van der Waals surface area contributed by atoms with E-state index in [2.05, 4.69) is 5.32 Å². The lowest BCUT2D eigenvalue weighted by Gasteiger charge is -2.22. The fourth-order valence-corrected chi connectivity index (χ4v) is 2.81. The van der Waals surface area contributed by atoms with Gasteiger partial charge in [-0.15, -0.1) is 0 Å². The average molecular weight is 284 g/mol. The Balaban J connectivity index is 1.98. The fourth-order valence-electron chi connectivity index (χ4n) is 2.81. The third-order valence-corrected chi connectivity index (χ3v) is 3.54. The van der Waals surface area contributed by atoms with Crippen LogP contribution in [-0.2, 0) is 14.3 Å². The van der Waals surface area contributed by atoms with Crippen molar-refractivity contribution in [2.45, 2.75) is 63.8 Å². The number of aliphatic carboxylic acids is 1. The number of carboxylic acid groups (broad SMARTS) is 1. The highest BCUT2D eigenvalue weighted by atomic mass is 16.6. The van der Waals surface area contributed by atoms with Crippen molar-refractivity contribution in [1.29, 1.82) is 0 Å². The minimum absolute atomic E-state index is 0.0939. The Labute approximate surface area is 117 Å². The van der Waals surface area contributed by atoms with E-state index in [1.165, 1.54) is 4.90 Å². The van der Waals surface area contributed by atoms with Gasteiger partial charge in [0.05, 0.1) is 0 Å². The summed E-state index contributed by atoms with van der Waals surface area (Å²) in [5, 5.41) is 11.6. The first-order valence-electron chi connectivity index (χ1n) is 6.73. The lowest BCUT2D eigenvalue weighted by Crippen LogP contribution is -2.47. The molecule has 0 aromatic rings. The molecule has 2 aliphatic heterocycles. The van der Waals surface area contributed by atoms with Crippen LogP contribution in [0, 0.1) is 0 Å². The van der Waals surface area contributed by atoms with Gasteiger partial charge in [-0.3, -0.25) is 4.79 Å². The number of alkyl carbamates (subject to hydrolysis) is 1. The monoisotopic (exact) mass is 284 g/mol. The van der Waals surface area contributed by atoms with Crippen molar-refractivity contribution in [2.75, 3.05) is 0 Å². The highest BCUT2D eigenvalue weighted by Crippen LogP contribution is 2.33. The molecule has 2 fully saturated rings. The molecule has 2 aliphatic rings. The van der Waals surface area contributed by atoms with Gasteiger partial charge in [-0.1, -0.05) is 0 Å². The first-order chi connectivity index (χ1) is 9.19. The average Bonchev–Trinajstić information content (AvgIpc) is 2.78. The van der Waals surface area contributed by atoms with Crippen molar-refractivity contribution < 1.29 is 24.2 Å². The van der Waals surface area contributed by atoms with E-state index in [1.54, 1.807) is 20.8 Å². The van der Waals surface area contributed by atoms with Crippen molar-refractivity contribution >= 4 is 18.0 Å². The molecule has 0 aromatic heterocycles. The first kappa shape index (κ1) is 14.6. The molecule has 7 nitrogen and oxygen atoms in total. The van der Waals surface area contributed by atoms with Crippen molar-refractivity contribution in [3.05, 3.63) is 0 Å². The molecule has 2 heterocycles. The van der Waals surface area contributed by atoms with Crippen LogP contribution in [-0.4, -0.2) is 51.7 Å². The summed E-state index contributed by atoms with van der Waals surface area (Å²) in [6.07, 6.45) is 0.936. The van der Waals surface area contributed by atoms with E-state index >= 15 is 0 Å². The fraction of sp³-hybridized carbons (Fsp3) is 0.769. The van der Waals surface area contributed by atoms with E-state index in [0.29, 0.717) is 19.3 Å². The van der Waals surface area contributed by atoms with Gasteiger partial charge in [-0.2, -0.15) is 0 Å². The SMILES string of the molecule is CC(C)(C)OC(=O)NC1CC2CCC(C(=O)O)N2C1=O. The van der Waals surface area contributed by atoms with Gasteiger partial charge in [-0.05, 0) is 40.0 Å². The number of rotatable bonds is 2. The second kappa shape index (κ2) is 4.96. The van der Waals surface area contributed by atoms with E-state index in [-0.39, 0.29) is 11.9 Å². The summed E-state index contributed by atoms with van der Waals surface area (Å²) in [5.41, 5.74) is -0.633. The molecule has 0 bridgehead atoms. The molecular weight excluding hydrogens is 264 g/mol. The Morgan fingerprint density at radius 3 is 2.55 bits per heavy atom. The maximum absolute atomic E-state index is 12.2. The van der Waals surface area contributed by atoms with Crippen LogP contribution in [0.3, 0.4) is 0 Å². The van der Waals surface area contributed by atoms with Gasteiger partial charge in [0.25, 0.3) is 0 Å². The quantitative estimate of drug-likeness (QED) is 0.779. The molecule has 3 unspecified atom stereocenters. The zero-order chi connectivity index (χ0) is 15.1. The number of hydrogen-bond donors (Lipinski definition) is 2. The second-order valence-electron chi connectivity index (χ2n) is 6.27. The number of hydrogen-bond acceptors (Lipinski definition) is 4. The number of amides is 2. The molecule has 7 heteroatoms. The summed E-state index contributed by atoms with van der Waals surface area (Å²) in [5.74, 6) is -1.32. The van der Waals surface area contributed by atoms with Crippen LogP contribution in [0.15, 0.2) is 0 Å². The standard InChI is InChI=1S/C13H20N2O5/c1-13(2,3)20-12(19)14-8-6-7-4-5-9(11(17)18)15(7)10(8)16/h7-9H,4-6H2,1-3H3,(H,14,19)(H,17,18). The van der Waals surface area contributed by atoms with E-state index in [0.717, 1.165) is 0 Å². The van der Waals surface area contributed by atoms with Gasteiger partial charge in [0, 0.05) is 6.04 Å². The van der Waals surface area contributed by atoms with Gasteiger partial charge in [0.15, 0.2) is 0 Å². The number of nitrogens with zero attached hydrogens (tertiary/aromatic N) is 1. The van der Waals surface area contributed by atoms with Crippen LogP contribution >= 0.6 is 0 Å². The molecule has 2 saturated heterocycles. The van der Waals surface area contributed by atoms with Crippen LogP contribution in [0.1, 0.15) is 40.0 Å². The number of ether oxygens (including phenoxy) is 1. The molecule has 0 aliphatic carbocycles. The van der Waals surface area contributed by atoms with Gasteiger partial charge < -0.3 is 20.1 Å². The highest BCUT2D eigenvalue weighted by molar-refractivity contribution is 5.92. The largest absolute Gasteiger partial charge is 0.480 e. The van der Waals surface area contributed by atoms with Gasteiger partial charge in [0.2, 0.25) is 5.91 Å². The normalized spacial score (nSPS) is 29.2. The number of carbonyl (C=O) groups excluding carboxylic acids is 2. The zero-order valence-corrected chi connectivity index (χ0v) is 11.9. The molecule has 0 saturated carbocycles. The molecule has 2 amide bonds. The Morgan fingerprint density at radius 1 is 1.35 bits per heavy atom. The van der Waals surface area contributed by atoms with E-state index < -0.39 is 29.7 Å². The summed E-state index contributed by atoms with van der Waals surface area (Å²) in [7, 11) is 0. The highest BCUT2D eigenvalue weighted by Gasteiger charge is 2.49. The lowest BCUT2D eigenvalue weighted by molar-refractivity contribution is -0.147. The topological polar surface area (TPSA) is 95.9 Å². The Hall–Kier alpha value is -1.79. The maximum Gasteiger partial charge on any atom is 0.408 e. The van der Waals surface area contributed by atoms with Crippen molar-refractivity contribution in [3.63, 3.8) is 0 Å². The smallest absolute Gasteiger partial charge is 0.408 e. The number of carbonyl (C=O) groups is 3. The predicted octanol–water partition coefficient (Wildman–Crippen LogP) is 0.728. The van der Waals surface area contributed by atoms with Crippen LogP contribution in [0.5, 0.6) is 0 Å². The molecule has 0 radical (unpaired) electrons. The molecular formula is C13H20N2O5. The summed E-state index contributed by atoms with van der Waals surface area (Å²) >= 11 is 0. The summed E-state index contributed by atoms with van der Waals surface area (Å²) in [6.45, 7) is 5.21. The number of nitrogens with one attached hydrogen (secondary N) is 1. The molecule has 112 valence electrons. The lowest BCUT2D eigenvalue weighted by atomic mass is 10.1. The molecule has 2 N–H and O–H groups in total. The van der Waals surface area contributed by atoms with E-state index in [9.17, 15) is 14.4 Å². The maximum atomic E-state index is 12.2. The second-order valence-corrected chi connectivity index (χ2v) is 6.27. The van der Waals surface area contributed by atoms with Crippen LogP contribution in [0.2, 0.25) is 0 Å². The molecule has 0 spiro atoms. The van der Waals surface area contributed by atoms with Crippen LogP contribution in [0.4, 0.5) is 4.79 Å². The van der Waals surface area contributed by atoms with E-state index in [4.69, 9.17) is 9.84 Å². The third-order valence-electron chi connectivity index (χ3n) is 3.54. The summed E-state index contributed by atoms with van der Waals surface area (Å²) in [4.78, 5) is 36.4. The molecule has 3 atom stereocenters. The van der Waals surface area contributed by atoms with Gasteiger partial charge in [-0.25, -0.2) is 9.59 Å². The van der Waals surface area contributed by atoms with Crippen molar-refractivity contribution in [3.8, 4) is 0 Å². The van der Waals surface area contributed by atoms with Crippen molar-refractivity contribution in [1.82, 2.24) is 10.2 Å². The van der Waals surface area contributed by atoms with E-state index in [1.807, 2.05) is 0 Å². The Morgan fingerprint density at radius 2 is 2.00 bits per heavy atom. The minimum atomic E-state index is -0.987. The first-order valence-corrected chi connectivity index (χ1v) is 6.73. The van der Waals surface area contributed by atoms with Crippen LogP contribution in [0.25, 0.3) is 0 Å². The third kappa shape index (κ3) is 2.86. The zero-order valence-electron chi connectivity index (χ0n) is 11.9. The van der Waals surface area contributed by atoms with Crippen LogP contribution < -0.4 is 5.32 Å². The minimum Gasteiger partial charge on any atom is -0.480 e. The van der Waals surface area contributed by atoms with Gasteiger partial charge in [0.1, 0.15) is 17.7 Å². The van der Waals surface area contributed by atoms with Gasteiger partial charge >= 0.3 is 12.1 Å². The molecule has 20 heavy (non-hydrogen) atoms. The predicted molar refractivity (Wildman–Crippen MR) is 69.1 cm³/mol.